The molecule has 0 aliphatic heterocycles. The van der Waals surface area contributed by atoms with Crippen molar-refractivity contribution in [1.82, 2.24) is 10.3 Å². The molecule has 1 aromatic rings. The number of hydrogen-bond acceptors (Lipinski definition) is 3. The zero-order chi connectivity index (χ0) is 10.7. The van der Waals surface area contributed by atoms with Gasteiger partial charge in [-0.1, -0.05) is 20.3 Å². The van der Waals surface area contributed by atoms with E-state index in [1.54, 1.807) is 0 Å². The summed E-state index contributed by atoms with van der Waals surface area (Å²) in [5, 5.41) is 4.88. The first kappa shape index (κ1) is 11.1. The molecule has 3 heteroatoms. The maximum Gasteiger partial charge on any atom is 0.0928 e. The first-order valence-corrected chi connectivity index (χ1v) is 6.86. The summed E-state index contributed by atoms with van der Waals surface area (Å²) < 4.78 is 0. The van der Waals surface area contributed by atoms with Crippen LogP contribution >= 0.6 is 11.3 Å². The molecule has 2 rings (SSSR count). The zero-order valence-corrected chi connectivity index (χ0v) is 10.5. The van der Waals surface area contributed by atoms with Crippen LogP contribution in [0.2, 0.25) is 0 Å². The van der Waals surface area contributed by atoms with Crippen molar-refractivity contribution in [2.24, 2.45) is 0 Å². The van der Waals surface area contributed by atoms with E-state index in [4.69, 9.17) is 4.98 Å². The fourth-order valence-corrected chi connectivity index (χ4v) is 2.69. The van der Waals surface area contributed by atoms with Crippen molar-refractivity contribution in [1.29, 1.82) is 0 Å². The van der Waals surface area contributed by atoms with E-state index in [1.165, 1.54) is 34.8 Å². The Kier molecular flexibility index (Phi) is 3.76. The number of nitrogens with one attached hydrogen (secondary N) is 1. The lowest BCUT2D eigenvalue weighted by Crippen LogP contribution is -2.15. The van der Waals surface area contributed by atoms with Crippen LogP contribution in [0.25, 0.3) is 0 Å². The summed E-state index contributed by atoms with van der Waals surface area (Å²) in [5.74, 6) is 0. The molecule has 1 fully saturated rings. The first-order valence-electron chi connectivity index (χ1n) is 6.04. The topological polar surface area (TPSA) is 24.9 Å². The summed E-state index contributed by atoms with van der Waals surface area (Å²) in [7, 11) is 0. The molecule has 0 atom stereocenters. The van der Waals surface area contributed by atoms with Crippen molar-refractivity contribution in [2.45, 2.75) is 58.5 Å². The Morgan fingerprint density at radius 1 is 1.40 bits per heavy atom. The minimum absolute atomic E-state index is 0.798. The summed E-state index contributed by atoms with van der Waals surface area (Å²) in [6.45, 7) is 5.45. The average Bonchev–Trinajstić information content (AvgIpc) is 2.99. The van der Waals surface area contributed by atoms with Crippen LogP contribution in [-0.2, 0) is 19.4 Å². The molecule has 15 heavy (non-hydrogen) atoms. The molecule has 0 aromatic carbocycles. The van der Waals surface area contributed by atoms with E-state index >= 15 is 0 Å². The Bertz CT molecular complexity index is 315. The van der Waals surface area contributed by atoms with Crippen molar-refractivity contribution in [3.8, 4) is 0 Å². The normalized spacial score (nSPS) is 15.9. The summed E-state index contributed by atoms with van der Waals surface area (Å²) in [6, 6.07) is 0.798. The van der Waals surface area contributed by atoms with Crippen LogP contribution in [-0.4, -0.2) is 11.0 Å². The molecule has 0 spiro atoms. The van der Waals surface area contributed by atoms with Gasteiger partial charge in [-0.2, -0.15) is 0 Å². The molecule has 1 aliphatic rings. The number of aryl methyl sites for hydroxylation is 2. The van der Waals surface area contributed by atoms with Gasteiger partial charge in [-0.05, 0) is 25.7 Å². The van der Waals surface area contributed by atoms with Crippen molar-refractivity contribution < 1.29 is 0 Å². The summed E-state index contributed by atoms with van der Waals surface area (Å²) in [6.07, 6.45) is 6.14. The standard InChI is InChI=1S/C12H20N2S/c1-3-5-10-11(8-13-9-6-7-9)15-12(4-2)14-10/h9,13H,3-8H2,1-2H3. The fourth-order valence-electron chi connectivity index (χ4n) is 1.68. The SMILES string of the molecule is CCCc1nc(CC)sc1CNC1CC1. The second-order valence-corrected chi connectivity index (χ2v) is 5.40. The predicted molar refractivity (Wildman–Crippen MR) is 65.3 cm³/mol. The van der Waals surface area contributed by atoms with Gasteiger partial charge in [0, 0.05) is 17.5 Å². The van der Waals surface area contributed by atoms with Crippen LogP contribution in [0.4, 0.5) is 0 Å². The highest BCUT2D eigenvalue weighted by Gasteiger charge is 2.21. The minimum Gasteiger partial charge on any atom is -0.309 e. The van der Waals surface area contributed by atoms with Gasteiger partial charge in [0.05, 0.1) is 10.7 Å². The van der Waals surface area contributed by atoms with Gasteiger partial charge >= 0.3 is 0 Å². The quantitative estimate of drug-likeness (QED) is 0.803. The van der Waals surface area contributed by atoms with Crippen LogP contribution in [0.5, 0.6) is 0 Å². The largest absolute Gasteiger partial charge is 0.309 e. The average molecular weight is 224 g/mol. The molecule has 1 aromatic heterocycles. The van der Waals surface area contributed by atoms with E-state index in [-0.39, 0.29) is 0 Å². The van der Waals surface area contributed by atoms with Crippen molar-refractivity contribution >= 4 is 11.3 Å². The molecular weight excluding hydrogens is 204 g/mol. The van der Waals surface area contributed by atoms with Gasteiger partial charge in [0.15, 0.2) is 0 Å². The van der Waals surface area contributed by atoms with Crippen LogP contribution in [0.3, 0.4) is 0 Å². The number of hydrogen-bond donors (Lipinski definition) is 1. The lowest BCUT2D eigenvalue weighted by Gasteiger charge is -2.01. The molecule has 0 amide bonds. The molecule has 0 radical (unpaired) electrons. The third-order valence-electron chi connectivity index (χ3n) is 2.74. The highest BCUT2D eigenvalue weighted by atomic mass is 32.1. The zero-order valence-electron chi connectivity index (χ0n) is 9.68. The Balaban J connectivity index is 2.00. The van der Waals surface area contributed by atoms with Gasteiger partial charge in [-0.15, -0.1) is 11.3 Å². The Morgan fingerprint density at radius 3 is 2.80 bits per heavy atom. The maximum absolute atomic E-state index is 4.70. The van der Waals surface area contributed by atoms with E-state index < -0.39 is 0 Å². The third-order valence-corrected chi connectivity index (χ3v) is 3.98. The fraction of sp³-hybridized carbons (Fsp3) is 0.750. The molecule has 1 N–H and O–H groups in total. The molecular formula is C12H20N2S. The molecule has 1 saturated carbocycles. The Hall–Kier alpha value is -0.410. The van der Waals surface area contributed by atoms with Crippen LogP contribution < -0.4 is 5.32 Å². The molecule has 0 saturated heterocycles. The van der Waals surface area contributed by atoms with E-state index in [9.17, 15) is 0 Å². The van der Waals surface area contributed by atoms with Gasteiger partial charge in [-0.3, -0.25) is 0 Å². The number of rotatable bonds is 6. The van der Waals surface area contributed by atoms with Crippen molar-refractivity contribution in [3.63, 3.8) is 0 Å². The Morgan fingerprint density at radius 2 is 2.20 bits per heavy atom. The second-order valence-electron chi connectivity index (χ2n) is 4.24. The van der Waals surface area contributed by atoms with Crippen LogP contribution in [0.15, 0.2) is 0 Å². The monoisotopic (exact) mass is 224 g/mol. The van der Waals surface area contributed by atoms with Gasteiger partial charge in [0.25, 0.3) is 0 Å². The third kappa shape index (κ3) is 3.02. The van der Waals surface area contributed by atoms with Gasteiger partial charge in [0.1, 0.15) is 0 Å². The van der Waals surface area contributed by atoms with Crippen molar-refractivity contribution in [2.75, 3.05) is 0 Å². The number of thiazole rings is 1. The van der Waals surface area contributed by atoms with E-state index in [2.05, 4.69) is 19.2 Å². The van der Waals surface area contributed by atoms with Gasteiger partial charge in [0.2, 0.25) is 0 Å². The summed E-state index contributed by atoms with van der Waals surface area (Å²) >= 11 is 1.90. The predicted octanol–water partition coefficient (Wildman–Crippen LogP) is 2.91. The second kappa shape index (κ2) is 5.08. The molecule has 0 unspecified atom stereocenters. The lowest BCUT2D eigenvalue weighted by atomic mass is 10.2. The van der Waals surface area contributed by atoms with E-state index in [1.807, 2.05) is 11.3 Å². The van der Waals surface area contributed by atoms with Gasteiger partial charge < -0.3 is 5.32 Å². The number of nitrogens with zero attached hydrogens (tertiary/aromatic N) is 1. The molecule has 2 nitrogen and oxygen atoms in total. The number of aromatic nitrogens is 1. The smallest absolute Gasteiger partial charge is 0.0928 e. The Labute approximate surface area is 96.1 Å². The lowest BCUT2D eigenvalue weighted by molar-refractivity contribution is 0.686. The van der Waals surface area contributed by atoms with Crippen LogP contribution in [0.1, 0.15) is 48.7 Å². The molecule has 1 aliphatic carbocycles. The molecule has 84 valence electrons. The molecule has 0 bridgehead atoms. The maximum atomic E-state index is 4.70. The summed E-state index contributed by atoms with van der Waals surface area (Å²) in [5.41, 5.74) is 1.34. The highest BCUT2D eigenvalue weighted by Crippen LogP contribution is 2.23. The van der Waals surface area contributed by atoms with E-state index in [0.717, 1.165) is 25.4 Å². The summed E-state index contributed by atoms with van der Waals surface area (Å²) in [4.78, 5) is 6.17. The highest BCUT2D eigenvalue weighted by molar-refractivity contribution is 7.11. The molecule has 1 heterocycles. The minimum atomic E-state index is 0.798. The first-order chi connectivity index (χ1) is 7.33. The van der Waals surface area contributed by atoms with Crippen LogP contribution in [0, 0.1) is 0 Å². The van der Waals surface area contributed by atoms with E-state index in [0.29, 0.717) is 0 Å². The van der Waals surface area contributed by atoms with Crippen molar-refractivity contribution in [3.05, 3.63) is 15.6 Å². The van der Waals surface area contributed by atoms with Gasteiger partial charge in [-0.25, -0.2) is 4.98 Å².